The van der Waals surface area contributed by atoms with Gasteiger partial charge in [-0.2, -0.15) is 0 Å². The number of thiophene rings is 1. The number of primary sulfonamides is 1. The maximum absolute atomic E-state index is 11.9. The van der Waals surface area contributed by atoms with Gasteiger partial charge in [0.1, 0.15) is 9.77 Å². The first-order chi connectivity index (χ1) is 8.98. The Kier molecular flexibility index (Phi) is 3.98. The lowest BCUT2D eigenvalue weighted by atomic mass is 10.2. The van der Waals surface area contributed by atoms with Crippen molar-refractivity contribution in [3.8, 4) is 0 Å². The van der Waals surface area contributed by atoms with Crippen LogP contribution in [0.4, 0.5) is 0 Å². The molecule has 100 valence electrons. The van der Waals surface area contributed by atoms with Crippen LogP contribution < -0.4 is 10.5 Å². The minimum atomic E-state index is -3.87. The van der Waals surface area contributed by atoms with Crippen molar-refractivity contribution in [3.63, 3.8) is 0 Å². The van der Waals surface area contributed by atoms with Crippen LogP contribution in [0.1, 0.15) is 15.2 Å². The third-order valence-corrected chi connectivity index (χ3v) is 4.43. The second-order valence-corrected chi connectivity index (χ2v) is 6.27. The SMILES string of the molecule is NS(=O)(=O)c1ccsc1C(=O)NCc1ccccc1. The van der Waals surface area contributed by atoms with Gasteiger partial charge in [-0.1, -0.05) is 30.3 Å². The number of hydrogen-bond donors (Lipinski definition) is 2. The van der Waals surface area contributed by atoms with Gasteiger partial charge in [0.25, 0.3) is 5.91 Å². The summed E-state index contributed by atoms with van der Waals surface area (Å²) in [5, 5.41) is 9.24. The van der Waals surface area contributed by atoms with Gasteiger partial charge in [-0.15, -0.1) is 11.3 Å². The van der Waals surface area contributed by atoms with Crippen LogP contribution in [0.3, 0.4) is 0 Å². The molecule has 0 spiro atoms. The summed E-state index contributed by atoms with van der Waals surface area (Å²) in [5.41, 5.74) is 0.935. The molecule has 0 aliphatic rings. The third-order valence-electron chi connectivity index (χ3n) is 2.44. The van der Waals surface area contributed by atoms with E-state index in [9.17, 15) is 13.2 Å². The first-order valence-electron chi connectivity index (χ1n) is 5.41. The highest BCUT2D eigenvalue weighted by Crippen LogP contribution is 2.20. The lowest BCUT2D eigenvalue weighted by Crippen LogP contribution is -2.24. The molecule has 0 fully saturated rings. The van der Waals surface area contributed by atoms with E-state index in [0.29, 0.717) is 6.54 Å². The number of carbonyl (C=O) groups excluding carboxylic acids is 1. The molecule has 7 heteroatoms. The van der Waals surface area contributed by atoms with Crippen LogP contribution in [0, 0.1) is 0 Å². The number of carbonyl (C=O) groups is 1. The second-order valence-electron chi connectivity index (χ2n) is 3.83. The highest BCUT2D eigenvalue weighted by Gasteiger charge is 2.20. The van der Waals surface area contributed by atoms with E-state index >= 15 is 0 Å². The van der Waals surface area contributed by atoms with E-state index in [1.54, 1.807) is 0 Å². The number of nitrogens with one attached hydrogen (secondary N) is 1. The molecule has 0 atom stereocenters. The molecule has 1 amide bonds. The van der Waals surface area contributed by atoms with Gasteiger partial charge in [-0.05, 0) is 17.0 Å². The molecule has 3 N–H and O–H groups in total. The number of amides is 1. The minimum absolute atomic E-state index is 0.110. The average Bonchev–Trinajstić information content (AvgIpc) is 2.86. The summed E-state index contributed by atoms with van der Waals surface area (Å²) < 4.78 is 22.6. The highest BCUT2D eigenvalue weighted by atomic mass is 32.2. The summed E-state index contributed by atoms with van der Waals surface area (Å²) in [5.74, 6) is -0.442. The molecule has 0 aliphatic carbocycles. The zero-order valence-electron chi connectivity index (χ0n) is 9.87. The van der Waals surface area contributed by atoms with Crippen LogP contribution in [-0.2, 0) is 16.6 Å². The molecule has 1 heterocycles. The van der Waals surface area contributed by atoms with Crippen LogP contribution in [0.15, 0.2) is 46.7 Å². The molecule has 19 heavy (non-hydrogen) atoms. The van der Waals surface area contributed by atoms with Crippen molar-refractivity contribution in [2.45, 2.75) is 11.4 Å². The fourth-order valence-electron chi connectivity index (χ4n) is 1.55. The summed E-state index contributed by atoms with van der Waals surface area (Å²) in [6.07, 6.45) is 0. The Morgan fingerprint density at radius 2 is 1.89 bits per heavy atom. The van der Waals surface area contributed by atoms with Gasteiger partial charge in [-0.25, -0.2) is 13.6 Å². The summed E-state index contributed by atoms with van der Waals surface area (Å²) >= 11 is 1.05. The minimum Gasteiger partial charge on any atom is -0.347 e. The first kappa shape index (κ1) is 13.7. The molecule has 0 bridgehead atoms. The van der Waals surface area contributed by atoms with Crippen LogP contribution in [0.25, 0.3) is 0 Å². The summed E-state index contributed by atoms with van der Waals surface area (Å²) in [7, 11) is -3.87. The maximum atomic E-state index is 11.9. The second kappa shape index (κ2) is 5.52. The summed E-state index contributed by atoms with van der Waals surface area (Å²) in [4.78, 5) is 11.9. The zero-order valence-corrected chi connectivity index (χ0v) is 11.5. The Hall–Kier alpha value is -1.70. The lowest BCUT2D eigenvalue weighted by molar-refractivity contribution is 0.0952. The monoisotopic (exact) mass is 296 g/mol. The van der Waals surface area contributed by atoms with Gasteiger partial charge in [0.2, 0.25) is 10.0 Å². The fraction of sp³-hybridized carbons (Fsp3) is 0.0833. The van der Waals surface area contributed by atoms with Crippen LogP contribution in [0.5, 0.6) is 0 Å². The lowest BCUT2D eigenvalue weighted by Gasteiger charge is -2.05. The number of hydrogen-bond acceptors (Lipinski definition) is 4. The normalized spacial score (nSPS) is 11.2. The molecule has 5 nitrogen and oxygen atoms in total. The van der Waals surface area contributed by atoms with E-state index in [1.165, 1.54) is 11.4 Å². The molecule has 0 saturated carbocycles. The van der Waals surface area contributed by atoms with Crippen LogP contribution in [0.2, 0.25) is 0 Å². The molecule has 2 aromatic rings. The van der Waals surface area contributed by atoms with Gasteiger partial charge >= 0.3 is 0 Å². The fourth-order valence-corrected chi connectivity index (χ4v) is 3.44. The molecule has 0 unspecified atom stereocenters. The van der Waals surface area contributed by atoms with E-state index in [1.807, 2.05) is 30.3 Å². The number of sulfonamides is 1. The Balaban J connectivity index is 2.12. The predicted octanol–water partition coefficient (Wildman–Crippen LogP) is 1.33. The molecule has 0 saturated heterocycles. The topological polar surface area (TPSA) is 89.3 Å². The Bertz CT molecular complexity index is 678. The third kappa shape index (κ3) is 3.40. The van der Waals surface area contributed by atoms with E-state index < -0.39 is 15.9 Å². The highest BCUT2D eigenvalue weighted by molar-refractivity contribution is 7.89. The van der Waals surface area contributed by atoms with Crippen LogP contribution >= 0.6 is 11.3 Å². The molecule has 1 aromatic heterocycles. The number of benzene rings is 1. The number of nitrogens with two attached hydrogens (primary N) is 1. The van der Waals surface area contributed by atoms with E-state index in [0.717, 1.165) is 16.9 Å². The molecule has 0 radical (unpaired) electrons. The smallest absolute Gasteiger partial charge is 0.263 e. The van der Waals surface area contributed by atoms with E-state index in [4.69, 9.17) is 5.14 Å². The van der Waals surface area contributed by atoms with Gasteiger partial charge < -0.3 is 5.32 Å². The average molecular weight is 296 g/mol. The van der Waals surface area contributed by atoms with Gasteiger partial charge in [0.15, 0.2) is 0 Å². The summed E-state index contributed by atoms with van der Waals surface area (Å²) in [6, 6.07) is 10.7. The largest absolute Gasteiger partial charge is 0.347 e. The van der Waals surface area contributed by atoms with Crippen molar-refractivity contribution in [3.05, 3.63) is 52.2 Å². The van der Waals surface area contributed by atoms with Gasteiger partial charge in [-0.3, -0.25) is 4.79 Å². The predicted molar refractivity (Wildman–Crippen MR) is 73.3 cm³/mol. The number of rotatable bonds is 4. The molecule has 0 aliphatic heterocycles. The Morgan fingerprint density at radius 3 is 2.53 bits per heavy atom. The van der Waals surface area contributed by atoms with Crippen LogP contribution in [-0.4, -0.2) is 14.3 Å². The van der Waals surface area contributed by atoms with Crippen molar-refractivity contribution >= 4 is 27.3 Å². The first-order valence-corrected chi connectivity index (χ1v) is 7.83. The van der Waals surface area contributed by atoms with Gasteiger partial charge in [0, 0.05) is 6.54 Å². The van der Waals surface area contributed by atoms with Crippen molar-refractivity contribution in [2.24, 2.45) is 5.14 Å². The molecule has 1 aromatic carbocycles. The molecular formula is C12H12N2O3S2. The zero-order chi connectivity index (χ0) is 13.9. The van der Waals surface area contributed by atoms with Gasteiger partial charge in [0.05, 0.1) is 0 Å². The summed E-state index contributed by atoms with van der Waals surface area (Å²) in [6.45, 7) is 0.335. The molecular weight excluding hydrogens is 284 g/mol. The van der Waals surface area contributed by atoms with Crippen molar-refractivity contribution in [2.75, 3.05) is 0 Å². The maximum Gasteiger partial charge on any atom is 0.263 e. The van der Waals surface area contributed by atoms with E-state index in [2.05, 4.69) is 5.32 Å². The standard InChI is InChI=1S/C12H12N2O3S2/c13-19(16,17)10-6-7-18-11(10)12(15)14-8-9-4-2-1-3-5-9/h1-7H,8H2,(H,14,15)(H2,13,16,17). The van der Waals surface area contributed by atoms with E-state index in [-0.39, 0.29) is 9.77 Å². The van der Waals surface area contributed by atoms with Crippen molar-refractivity contribution in [1.29, 1.82) is 0 Å². The Labute approximate surface area is 115 Å². The van der Waals surface area contributed by atoms with Crippen molar-refractivity contribution in [1.82, 2.24) is 5.32 Å². The molecule has 2 rings (SSSR count). The Morgan fingerprint density at radius 1 is 1.21 bits per heavy atom. The van der Waals surface area contributed by atoms with Crippen molar-refractivity contribution < 1.29 is 13.2 Å². The quantitative estimate of drug-likeness (QED) is 0.892.